The number of aliphatic hydroxyl groups excluding tert-OH is 2. The number of amides is 1. The van der Waals surface area contributed by atoms with E-state index in [0.29, 0.717) is 31.0 Å². The average molecular weight is 293 g/mol. The first-order valence-electron chi connectivity index (χ1n) is 6.83. The van der Waals surface area contributed by atoms with E-state index in [1.54, 1.807) is 0 Å². The number of hydrogen-bond donors (Lipinski definition) is 2. The summed E-state index contributed by atoms with van der Waals surface area (Å²) < 4.78 is 0. The molecule has 108 valence electrons. The van der Waals surface area contributed by atoms with Crippen molar-refractivity contribution < 1.29 is 15.0 Å². The standard InChI is InChI=1S/C15H19NO3S/c17-8-2-1-3-14-9-13(11-20-14)15(19)16-6-4-12(10-18)5-7-16/h9,11-12,17-18H,2,4-8,10H2. The molecule has 0 radical (unpaired) electrons. The molecule has 2 N–H and O–H groups in total. The second-order valence-corrected chi connectivity index (χ2v) is 5.80. The lowest BCUT2D eigenvalue weighted by molar-refractivity contribution is 0.0651. The highest BCUT2D eigenvalue weighted by atomic mass is 32.1. The van der Waals surface area contributed by atoms with Crippen molar-refractivity contribution in [3.63, 3.8) is 0 Å². The van der Waals surface area contributed by atoms with E-state index < -0.39 is 0 Å². The predicted octanol–water partition coefficient (Wildman–Crippen LogP) is 1.33. The Morgan fingerprint density at radius 1 is 1.40 bits per heavy atom. The van der Waals surface area contributed by atoms with Crippen molar-refractivity contribution in [1.29, 1.82) is 0 Å². The Morgan fingerprint density at radius 3 is 2.80 bits per heavy atom. The molecule has 0 bridgehead atoms. The Kier molecular flexibility index (Phi) is 5.60. The molecule has 0 saturated carbocycles. The lowest BCUT2D eigenvalue weighted by atomic mass is 9.97. The van der Waals surface area contributed by atoms with Crippen molar-refractivity contribution in [2.45, 2.75) is 19.3 Å². The first kappa shape index (κ1) is 15.0. The van der Waals surface area contributed by atoms with Crippen molar-refractivity contribution in [2.24, 2.45) is 5.92 Å². The second kappa shape index (κ2) is 7.44. The molecule has 1 aromatic rings. The van der Waals surface area contributed by atoms with E-state index in [2.05, 4.69) is 11.8 Å². The number of rotatable bonds is 3. The highest BCUT2D eigenvalue weighted by molar-refractivity contribution is 7.10. The summed E-state index contributed by atoms with van der Waals surface area (Å²) >= 11 is 1.45. The lowest BCUT2D eigenvalue weighted by Gasteiger charge is -2.30. The first-order valence-corrected chi connectivity index (χ1v) is 7.71. The Morgan fingerprint density at radius 2 is 2.15 bits per heavy atom. The van der Waals surface area contributed by atoms with Gasteiger partial charge in [-0.15, -0.1) is 11.3 Å². The van der Waals surface area contributed by atoms with Gasteiger partial charge in [-0.3, -0.25) is 4.79 Å². The third-order valence-corrected chi connectivity index (χ3v) is 4.30. The van der Waals surface area contributed by atoms with Gasteiger partial charge in [0.1, 0.15) is 0 Å². The summed E-state index contributed by atoms with van der Waals surface area (Å²) in [5.41, 5.74) is 0.686. The Bertz CT molecular complexity index is 507. The number of thiophene rings is 1. The number of piperidine rings is 1. The van der Waals surface area contributed by atoms with Crippen LogP contribution in [0.25, 0.3) is 0 Å². The van der Waals surface area contributed by atoms with Gasteiger partial charge in [0.05, 0.1) is 17.0 Å². The molecular formula is C15H19NO3S. The topological polar surface area (TPSA) is 60.8 Å². The molecule has 1 aliphatic heterocycles. The van der Waals surface area contributed by atoms with Crippen molar-refractivity contribution in [2.75, 3.05) is 26.3 Å². The number of carbonyl (C=O) groups is 1. The molecule has 20 heavy (non-hydrogen) atoms. The normalized spacial score (nSPS) is 15.8. The van der Waals surface area contributed by atoms with Crippen LogP contribution in [0.15, 0.2) is 11.4 Å². The Hall–Kier alpha value is -1.35. The van der Waals surface area contributed by atoms with Gasteiger partial charge < -0.3 is 15.1 Å². The lowest BCUT2D eigenvalue weighted by Crippen LogP contribution is -2.39. The highest BCUT2D eigenvalue weighted by Gasteiger charge is 2.23. The second-order valence-electron chi connectivity index (χ2n) is 4.89. The average Bonchev–Trinajstić information content (AvgIpc) is 2.96. The molecule has 4 nitrogen and oxygen atoms in total. The third kappa shape index (κ3) is 3.83. The maximum atomic E-state index is 12.3. The van der Waals surface area contributed by atoms with Crippen LogP contribution in [-0.4, -0.2) is 47.3 Å². The maximum absolute atomic E-state index is 12.3. The van der Waals surface area contributed by atoms with Crippen LogP contribution in [0.4, 0.5) is 0 Å². The molecule has 2 rings (SSSR count). The zero-order valence-electron chi connectivity index (χ0n) is 11.3. The molecule has 0 aliphatic carbocycles. The smallest absolute Gasteiger partial charge is 0.254 e. The zero-order chi connectivity index (χ0) is 14.4. The van der Waals surface area contributed by atoms with E-state index in [1.165, 1.54) is 11.3 Å². The van der Waals surface area contributed by atoms with E-state index in [1.807, 2.05) is 16.3 Å². The van der Waals surface area contributed by atoms with Gasteiger partial charge in [0.2, 0.25) is 0 Å². The SMILES string of the molecule is O=C(c1csc(C#CCCO)c1)N1CCC(CO)CC1. The Balaban J connectivity index is 1.95. The van der Waals surface area contributed by atoms with Gasteiger partial charge >= 0.3 is 0 Å². The van der Waals surface area contributed by atoms with Crippen LogP contribution in [0.5, 0.6) is 0 Å². The molecule has 0 atom stereocenters. The van der Waals surface area contributed by atoms with Gasteiger partial charge in [-0.05, 0) is 24.8 Å². The minimum Gasteiger partial charge on any atom is -0.396 e. The van der Waals surface area contributed by atoms with Crippen LogP contribution in [0.3, 0.4) is 0 Å². The fourth-order valence-electron chi connectivity index (χ4n) is 2.22. The molecular weight excluding hydrogens is 274 g/mol. The quantitative estimate of drug-likeness (QED) is 0.827. The molecule has 0 spiro atoms. The van der Waals surface area contributed by atoms with Crippen LogP contribution in [0.1, 0.15) is 34.5 Å². The molecule has 1 fully saturated rings. The summed E-state index contributed by atoms with van der Waals surface area (Å²) in [5.74, 6) is 6.18. The first-order chi connectivity index (χ1) is 9.74. The summed E-state index contributed by atoms with van der Waals surface area (Å²) in [6.45, 7) is 1.70. The summed E-state index contributed by atoms with van der Waals surface area (Å²) in [5, 5.41) is 19.6. The highest BCUT2D eigenvalue weighted by Crippen LogP contribution is 2.21. The van der Waals surface area contributed by atoms with E-state index >= 15 is 0 Å². The number of carbonyl (C=O) groups excluding carboxylic acids is 1. The fourth-order valence-corrected chi connectivity index (χ4v) is 2.97. The van der Waals surface area contributed by atoms with E-state index in [9.17, 15) is 4.79 Å². The number of aliphatic hydroxyl groups is 2. The van der Waals surface area contributed by atoms with Crippen LogP contribution >= 0.6 is 11.3 Å². The van der Waals surface area contributed by atoms with Crippen LogP contribution in [-0.2, 0) is 0 Å². The molecule has 2 heterocycles. The molecule has 0 unspecified atom stereocenters. The van der Waals surface area contributed by atoms with Crippen LogP contribution in [0.2, 0.25) is 0 Å². The maximum Gasteiger partial charge on any atom is 0.254 e. The van der Waals surface area contributed by atoms with Gasteiger partial charge in [-0.25, -0.2) is 0 Å². The summed E-state index contributed by atoms with van der Waals surface area (Å²) in [6, 6.07) is 1.81. The number of likely N-dealkylation sites (tertiary alicyclic amines) is 1. The van der Waals surface area contributed by atoms with Crippen molar-refractivity contribution in [1.82, 2.24) is 4.90 Å². The van der Waals surface area contributed by atoms with E-state index in [4.69, 9.17) is 10.2 Å². The monoisotopic (exact) mass is 293 g/mol. The number of hydrogen-bond acceptors (Lipinski definition) is 4. The third-order valence-electron chi connectivity index (χ3n) is 3.45. The number of nitrogens with zero attached hydrogens (tertiary/aromatic N) is 1. The predicted molar refractivity (Wildman–Crippen MR) is 78.6 cm³/mol. The van der Waals surface area contributed by atoms with Gasteiger partial charge in [0, 0.05) is 31.5 Å². The van der Waals surface area contributed by atoms with Crippen molar-refractivity contribution in [3.05, 3.63) is 21.9 Å². The van der Waals surface area contributed by atoms with Gasteiger partial charge in [-0.1, -0.05) is 11.8 Å². The summed E-state index contributed by atoms with van der Waals surface area (Å²) in [4.78, 5) is 15.0. The molecule has 1 amide bonds. The Labute approximate surface area is 123 Å². The van der Waals surface area contributed by atoms with Gasteiger partial charge in [0.15, 0.2) is 0 Å². The minimum atomic E-state index is 0.0489. The molecule has 5 heteroatoms. The van der Waals surface area contributed by atoms with Crippen LogP contribution in [0, 0.1) is 17.8 Å². The van der Waals surface area contributed by atoms with Gasteiger partial charge in [-0.2, -0.15) is 0 Å². The minimum absolute atomic E-state index is 0.0489. The van der Waals surface area contributed by atoms with Crippen molar-refractivity contribution in [3.8, 4) is 11.8 Å². The molecule has 1 aliphatic rings. The van der Waals surface area contributed by atoms with E-state index in [0.717, 1.165) is 17.7 Å². The summed E-state index contributed by atoms with van der Waals surface area (Å²) in [7, 11) is 0. The van der Waals surface area contributed by atoms with Crippen LogP contribution < -0.4 is 0 Å². The van der Waals surface area contributed by atoms with Gasteiger partial charge in [0.25, 0.3) is 5.91 Å². The molecule has 1 saturated heterocycles. The fraction of sp³-hybridized carbons (Fsp3) is 0.533. The largest absolute Gasteiger partial charge is 0.396 e. The molecule has 1 aromatic heterocycles. The molecule has 0 aromatic carbocycles. The van der Waals surface area contributed by atoms with Crippen molar-refractivity contribution >= 4 is 17.2 Å². The zero-order valence-corrected chi connectivity index (χ0v) is 12.2. The van der Waals surface area contributed by atoms with E-state index in [-0.39, 0.29) is 19.1 Å². The summed E-state index contributed by atoms with van der Waals surface area (Å²) in [6.07, 6.45) is 2.20.